The molecule has 2 aliphatic rings. The SMILES string of the molecule is CCNC(=NCCCC(=O)NC1CC1)N(C)CCC1CCOCC1.I. The molecule has 2 rings (SSSR count). The monoisotopic (exact) mass is 466 g/mol. The zero-order valence-electron chi connectivity index (χ0n) is 15.8. The molecule has 1 heterocycles. The second kappa shape index (κ2) is 12.7. The van der Waals surface area contributed by atoms with Crippen molar-refractivity contribution in [3.8, 4) is 0 Å². The zero-order valence-corrected chi connectivity index (χ0v) is 18.1. The molecule has 1 aliphatic heterocycles. The zero-order chi connectivity index (χ0) is 17.2. The van der Waals surface area contributed by atoms with Gasteiger partial charge in [0.1, 0.15) is 0 Å². The minimum atomic E-state index is 0. The van der Waals surface area contributed by atoms with Gasteiger partial charge in [-0.05, 0) is 51.4 Å². The summed E-state index contributed by atoms with van der Waals surface area (Å²) < 4.78 is 5.42. The molecule has 146 valence electrons. The van der Waals surface area contributed by atoms with Crippen molar-refractivity contribution >= 4 is 35.8 Å². The molecule has 0 aromatic carbocycles. The Balaban J connectivity index is 0.00000312. The molecule has 7 heteroatoms. The van der Waals surface area contributed by atoms with Crippen molar-refractivity contribution in [1.82, 2.24) is 15.5 Å². The Hall–Kier alpha value is -0.570. The topological polar surface area (TPSA) is 66.0 Å². The standard InChI is InChI=1S/C18H34N4O2.HI/c1-3-19-18(20-11-4-5-17(23)21-16-6-7-16)22(2)12-8-15-9-13-24-14-10-15;/h15-16H,3-14H2,1-2H3,(H,19,20)(H,21,23);1H. The maximum Gasteiger partial charge on any atom is 0.220 e. The highest BCUT2D eigenvalue weighted by atomic mass is 127. The Morgan fingerprint density at radius 1 is 1.24 bits per heavy atom. The van der Waals surface area contributed by atoms with E-state index in [9.17, 15) is 4.79 Å². The van der Waals surface area contributed by atoms with Crippen molar-refractivity contribution in [2.24, 2.45) is 10.9 Å². The molecule has 0 atom stereocenters. The van der Waals surface area contributed by atoms with E-state index in [1.807, 2.05) is 0 Å². The smallest absolute Gasteiger partial charge is 0.220 e. The predicted octanol–water partition coefficient (Wildman–Crippen LogP) is 2.38. The molecule has 0 aromatic rings. The van der Waals surface area contributed by atoms with Crippen LogP contribution in [0.3, 0.4) is 0 Å². The number of rotatable bonds is 9. The number of nitrogens with one attached hydrogen (secondary N) is 2. The van der Waals surface area contributed by atoms with E-state index in [1.54, 1.807) is 0 Å². The Morgan fingerprint density at radius 3 is 2.60 bits per heavy atom. The number of hydrogen-bond donors (Lipinski definition) is 2. The van der Waals surface area contributed by atoms with E-state index < -0.39 is 0 Å². The Kier molecular flexibility index (Phi) is 11.4. The molecule has 0 aromatic heterocycles. The number of guanidine groups is 1. The lowest BCUT2D eigenvalue weighted by Crippen LogP contribution is -2.40. The third kappa shape index (κ3) is 9.63. The number of carbonyl (C=O) groups is 1. The summed E-state index contributed by atoms with van der Waals surface area (Å²) >= 11 is 0. The quantitative estimate of drug-likeness (QED) is 0.237. The van der Waals surface area contributed by atoms with Gasteiger partial charge < -0.3 is 20.3 Å². The first kappa shape index (κ1) is 22.5. The average Bonchev–Trinajstić information content (AvgIpc) is 3.40. The third-order valence-corrected chi connectivity index (χ3v) is 4.68. The van der Waals surface area contributed by atoms with Crippen LogP contribution in [0.2, 0.25) is 0 Å². The van der Waals surface area contributed by atoms with Crippen molar-refractivity contribution < 1.29 is 9.53 Å². The largest absolute Gasteiger partial charge is 0.381 e. The van der Waals surface area contributed by atoms with Gasteiger partial charge in [-0.1, -0.05) is 0 Å². The molecule has 1 aliphatic carbocycles. The van der Waals surface area contributed by atoms with Gasteiger partial charge in [0.05, 0.1) is 0 Å². The van der Waals surface area contributed by atoms with Crippen LogP contribution in [-0.2, 0) is 9.53 Å². The van der Waals surface area contributed by atoms with Crippen molar-refractivity contribution in [2.45, 2.75) is 57.9 Å². The maximum atomic E-state index is 11.7. The summed E-state index contributed by atoms with van der Waals surface area (Å²) in [6.07, 6.45) is 7.22. The van der Waals surface area contributed by atoms with Gasteiger partial charge in [0, 0.05) is 52.4 Å². The molecular weight excluding hydrogens is 431 g/mol. The van der Waals surface area contributed by atoms with E-state index in [0.29, 0.717) is 19.0 Å². The fraction of sp³-hybridized carbons (Fsp3) is 0.889. The molecule has 0 spiro atoms. The predicted molar refractivity (Wildman–Crippen MR) is 113 cm³/mol. The lowest BCUT2D eigenvalue weighted by Gasteiger charge is -2.26. The Bertz CT molecular complexity index is 410. The Morgan fingerprint density at radius 2 is 1.96 bits per heavy atom. The maximum absolute atomic E-state index is 11.7. The first-order valence-corrected chi connectivity index (χ1v) is 9.55. The van der Waals surface area contributed by atoms with Crippen LogP contribution < -0.4 is 10.6 Å². The van der Waals surface area contributed by atoms with Gasteiger partial charge in [-0.25, -0.2) is 0 Å². The summed E-state index contributed by atoms with van der Waals surface area (Å²) in [7, 11) is 2.10. The van der Waals surface area contributed by atoms with Gasteiger partial charge in [-0.3, -0.25) is 9.79 Å². The molecule has 25 heavy (non-hydrogen) atoms. The van der Waals surface area contributed by atoms with Crippen LogP contribution in [0.1, 0.15) is 51.9 Å². The van der Waals surface area contributed by atoms with Crippen molar-refractivity contribution in [2.75, 3.05) is 39.9 Å². The molecule has 2 fully saturated rings. The summed E-state index contributed by atoms with van der Waals surface area (Å²) in [5.41, 5.74) is 0. The van der Waals surface area contributed by atoms with Crippen LogP contribution in [0.5, 0.6) is 0 Å². The second-order valence-corrected chi connectivity index (χ2v) is 6.95. The van der Waals surface area contributed by atoms with E-state index in [0.717, 1.165) is 57.4 Å². The number of hydrogen-bond acceptors (Lipinski definition) is 3. The normalized spacial score (nSPS) is 18.4. The highest BCUT2D eigenvalue weighted by Crippen LogP contribution is 2.19. The number of amides is 1. The number of nitrogens with zero attached hydrogens (tertiary/aromatic N) is 2. The van der Waals surface area contributed by atoms with Crippen LogP contribution in [0, 0.1) is 5.92 Å². The van der Waals surface area contributed by atoms with E-state index >= 15 is 0 Å². The highest BCUT2D eigenvalue weighted by Gasteiger charge is 2.22. The number of carbonyl (C=O) groups excluding carboxylic acids is 1. The van der Waals surface area contributed by atoms with Crippen LogP contribution in [-0.4, -0.2) is 62.7 Å². The second-order valence-electron chi connectivity index (χ2n) is 6.95. The van der Waals surface area contributed by atoms with Gasteiger partial charge in [-0.2, -0.15) is 0 Å². The molecule has 1 saturated carbocycles. The Labute approximate surface area is 169 Å². The van der Waals surface area contributed by atoms with E-state index in [2.05, 4.69) is 34.5 Å². The number of halogens is 1. The van der Waals surface area contributed by atoms with Crippen LogP contribution in [0.15, 0.2) is 4.99 Å². The van der Waals surface area contributed by atoms with Crippen molar-refractivity contribution in [3.05, 3.63) is 0 Å². The average molecular weight is 466 g/mol. The molecule has 6 nitrogen and oxygen atoms in total. The number of aliphatic imine (C=N–C) groups is 1. The summed E-state index contributed by atoms with van der Waals surface area (Å²) in [6.45, 7) is 6.48. The molecule has 1 saturated heterocycles. The van der Waals surface area contributed by atoms with Gasteiger partial charge in [-0.15, -0.1) is 24.0 Å². The van der Waals surface area contributed by atoms with E-state index in [4.69, 9.17) is 4.74 Å². The first-order chi connectivity index (χ1) is 11.7. The molecule has 0 radical (unpaired) electrons. The fourth-order valence-corrected chi connectivity index (χ4v) is 2.94. The van der Waals surface area contributed by atoms with Gasteiger partial charge in [0.15, 0.2) is 5.96 Å². The summed E-state index contributed by atoms with van der Waals surface area (Å²) in [4.78, 5) is 18.6. The summed E-state index contributed by atoms with van der Waals surface area (Å²) in [5.74, 6) is 1.90. The minimum Gasteiger partial charge on any atom is -0.381 e. The summed E-state index contributed by atoms with van der Waals surface area (Å²) in [5, 5.41) is 6.37. The number of ether oxygens (including phenoxy) is 1. The fourth-order valence-electron chi connectivity index (χ4n) is 2.94. The lowest BCUT2D eigenvalue weighted by molar-refractivity contribution is -0.121. The van der Waals surface area contributed by atoms with Gasteiger partial charge >= 0.3 is 0 Å². The van der Waals surface area contributed by atoms with Crippen LogP contribution >= 0.6 is 24.0 Å². The third-order valence-electron chi connectivity index (χ3n) is 4.68. The van der Waals surface area contributed by atoms with Crippen molar-refractivity contribution in [3.63, 3.8) is 0 Å². The molecule has 2 N–H and O–H groups in total. The van der Waals surface area contributed by atoms with E-state index in [-0.39, 0.29) is 29.9 Å². The lowest BCUT2D eigenvalue weighted by atomic mass is 9.96. The molecular formula is C18H35IN4O2. The van der Waals surface area contributed by atoms with Gasteiger partial charge in [0.25, 0.3) is 0 Å². The molecule has 0 unspecified atom stereocenters. The minimum absolute atomic E-state index is 0. The first-order valence-electron chi connectivity index (χ1n) is 9.55. The summed E-state index contributed by atoms with van der Waals surface area (Å²) in [6, 6.07) is 0.453. The molecule has 0 bridgehead atoms. The van der Waals surface area contributed by atoms with E-state index in [1.165, 1.54) is 19.3 Å². The van der Waals surface area contributed by atoms with Crippen molar-refractivity contribution in [1.29, 1.82) is 0 Å². The van der Waals surface area contributed by atoms with Crippen LogP contribution in [0.25, 0.3) is 0 Å². The molecule has 1 amide bonds. The van der Waals surface area contributed by atoms with Gasteiger partial charge in [0.2, 0.25) is 5.91 Å². The highest BCUT2D eigenvalue weighted by molar-refractivity contribution is 14.0. The van der Waals surface area contributed by atoms with Crippen LogP contribution in [0.4, 0.5) is 0 Å².